The van der Waals surface area contributed by atoms with E-state index in [9.17, 15) is 61.0 Å². The van der Waals surface area contributed by atoms with Crippen molar-refractivity contribution in [2.45, 2.75) is 304 Å². The maximum atomic E-state index is 13.3. The van der Waals surface area contributed by atoms with Crippen molar-refractivity contribution in [3.05, 3.63) is 36.5 Å². The minimum Gasteiger partial charge on any atom is -0.394 e. The minimum absolute atomic E-state index is 0.235. The van der Waals surface area contributed by atoms with Crippen molar-refractivity contribution in [1.29, 1.82) is 0 Å². The molecule has 0 saturated carbocycles. The molecule has 12 N–H and O–H groups in total. The normalized spacial score (nSPS) is 30.7. The Morgan fingerprint density at radius 3 is 1.28 bits per heavy atom. The molecule has 3 heterocycles. The molecule has 3 fully saturated rings. The van der Waals surface area contributed by atoms with Crippen LogP contribution in [0.3, 0.4) is 0 Å². The first kappa shape index (κ1) is 70.3. The van der Waals surface area contributed by atoms with Gasteiger partial charge in [0.2, 0.25) is 5.91 Å². The van der Waals surface area contributed by atoms with Crippen molar-refractivity contribution in [2.75, 3.05) is 26.4 Å². The first-order valence-electron chi connectivity index (χ1n) is 30.2. The van der Waals surface area contributed by atoms with Gasteiger partial charge in [0.15, 0.2) is 18.9 Å². The van der Waals surface area contributed by atoms with Gasteiger partial charge in [0.1, 0.15) is 73.2 Å². The third-order valence-corrected chi connectivity index (χ3v) is 15.2. The van der Waals surface area contributed by atoms with Crippen molar-refractivity contribution in [1.82, 2.24) is 5.32 Å². The quantitative estimate of drug-likeness (QED) is 0.0271. The number of hydrogen-bond acceptors (Lipinski definition) is 18. The topological polar surface area (TPSA) is 307 Å². The summed E-state index contributed by atoms with van der Waals surface area (Å²) >= 11 is 0. The third-order valence-electron chi connectivity index (χ3n) is 15.2. The van der Waals surface area contributed by atoms with Gasteiger partial charge in [0.05, 0.1) is 38.6 Å². The molecular formula is C59H107NO18. The second-order valence-electron chi connectivity index (χ2n) is 21.8. The highest BCUT2D eigenvalue weighted by molar-refractivity contribution is 5.76. The maximum Gasteiger partial charge on any atom is 0.220 e. The molecule has 0 aromatic rings. The monoisotopic (exact) mass is 1120 g/mol. The van der Waals surface area contributed by atoms with Gasteiger partial charge in [-0.1, -0.05) is 185 Å². The Kier molecular flexibility index (Phi) is 38.5. The summed E-state index contributed by atoms with van der Waals surface area (Å²) < 4.78 is 34.2. The van der Waals surface area contributed by atoms with Crippen molar-refractivity contribution in [3.63, 3.8) is 0 Å². The molecule has 3 aliphatic heterocycles. The SMILES string of the molecule is CCCCCCCCCCCC/C=C/CC/C=C/CC/C=C/C(O)C(COC1OC(CO)C(OC2OC(CO)C(OC3OC(CO)C(O)C(O)C3O)C(O)C2O)C(O)C1O)NC(=O)CCCCCCCCCCCCCCC. The fraction of sp³-hybridized carbons (Fsp3) is 0.881. The van der Waals surface area contributed by atoms with Crippen LogP contribution >= 0.6 is 0 Å². The Labute approximate surface area is 466 Å². The number of hydrogen-bond donors (Lipinski definition) is 12. The Morgan fingerprint density at radius 2 is 0.821 bits per heavy atom. The number of unbranched alkanes of at least 4 members (excludes halogenated alkanes) is 24. The number of ether oxygens (including phenoxy) is 6. The van der Waals surface area contributed by atoms with Crippen LogP contribution in [-0.2, 0) is 33.2 Å². The predicted molar refractivity (Wildman–Crippen MR) is 296 cm³/mol. The van der Waals surface area contributed by atoms with Crippen LogP contribution in [0.5, 0.6) is 0 Å². The number of allylic oxidation sites excluding steroid dienone is 5. The number of carbonyl (C=O) groups excluding carboxylic acids is 1. The van der Waals surface area contributed by atoms with Crippen LogP contribution in [0, 0.1) is 0 Å². The fourth-order valence-electron chi connectivity index (χ4n) is 10.2. The summed E-state index contributed by atoms with van der Waals surface area (Å²) in [6.45, 7) is 1.69. The molecule has 0 spiro atoms. The lowest BCUT2D eigenvalue weighted by molar-refractivity contribution is -0.379. The van der Waals surface area contributed by atoms with Crippen LogP contribution in [0.1, 0.15) is 200 Å². The van der Waals surface area contributed by atoms with Crippen LogP contribution in [0.4, 0.5) is 0 Å². The summed E-state index contributed by atoms with van der Waals surface area (Å²) in [5.41, 5.74) is 0. The second kappa shape index (κ2) is 42.8. The van der Waals surface area contributed by atoms with E-state index < -0.39 is 124 Å². The summed E-state index contributed by atoms with van der Waals surface area (Å²) in [6, 6.07) is -0.992. The molecule has 19 heteroatoms. The lowest BCUT2D eigenvalue weighted by atomic mass is 9.96. The molecule has 3 aliphatic rings. The second-order valence-corrected chi connectivity index (χ2v) is 21.8. The van der Waals surface area contributed by atoms with Gasteiger partial charge < -0.3 is 89.9 Å². The average molecular weight is 1120 g/mol. The molecule has 0 bridgehead atoms. The molecule has 456 valence electrons. The molecule has 78 heavy (non-hydrogen) atoms. The van der Waals surface area contributed by atoms with Gasteiger partial charge in [0, 0.05) is 6.42 Å². The zero-order chi connectivity index (χ0) is 56.9. The van der Waals surface area contributed by atoms with E-state index in [2.05, 4.69) is 43.5 Å². The number of carbonyl (C=O) groups is 1. The highest BCUT2D eigenvalue weighted by Crippen LogP contribution is 2.33. The molecule has 3 saturated heterocycles. The molecule has 0 aromatic heterocycles. The summed E-state index contributed by atoms with van der Waals surface area (Å²) in [6.07, 6.45) is 18.4. The van der Waals surface area contributed by atoms with E-state index in [4.69, 9.17) is 28.4 Å². The standard InChI is InChI=1S/C59H107NO18/c1-3-5-7-9-11-13-15-17-18-19-20-21-22-23-25-26-28-30-32-34-36-43(64)42(60-47(65)37-35-33-31-29-27-24-16-14-12-10-8-6-4-2)41-73-57-53(71)50(68)55(45(39-62)75-57)78-59-54(72)51(69)56(46(40-63)76-59)77-58-52(70)49(67)48(66)44(38-61)74-58/h21-22,26,28,34,36,42-46,48-59,61-64,66-72H,3-20,23-25,27,29-33,35,37-41H2,1-2H3,(H,60,65)/b22-21+,28-26+,36-34+. The van der Waals surface area contributed by atoms with E-state index in [0.29, 0.717) is 12.8 Å². The van der Waals surface area contributed by atoms with Crippen LogP contribution in [0.2, 0.25) is 0 Å². The van der Waals surface area contributed by atoms with E-state index in [1.165, 1.54) is 122 Å². The van der Waals surface area contributed by atoms with Crippen molar-refractivity contribution in [3.8, 4) is 0 Å². The van der Waals surface area contributed by atoms with E-state index in [1.807, 2.05) is 6.08 Å². The van der Waals surface area contributed by atoms with E-state index in [0.717, 1.165) is 44.9 Å². The molecule has 19 nitrogen and oxygen atoms in total. The van der Waals surface area contributed by atoms with Crippen molar-refractivity contribution in [2.24, 2.45) is 0 Å². The van der Waals surface area contributed by atoms with Crippen LogP contribution in [0.15, 0.2) is 36.5 Å². The molecule has 17 atom stereocenters. The van der Waals surface area contributed by atoms with Gasteiger partial charge in [-0.25, -0.2) is 0 Å². The smallest absolute Gasteiger partial charge is 0.220 e. The van der Waals surface area contributed by atoms with E-state index >= 15 is 0 Å². The highest BCUT2D eigenvalue weighted by atomic mass is 16.8. The Morgan fingerprint density at radius 1 is 0.449 bits per heavy atom. The number of aliphatic hydroxyl groups is 11. The summed E-state index contributed by atoms with van der Waals surface area (Å²) in [4.78, 5) is 13.3. The molecular weight excluding hydrogens is 1010 g/mol. The lowest BCUT2D eigenvalue weighted by Crippen LogP contribution is -2.66. The number of amides is 1. The zero-order valence-electron chi connectivity index (χ0n) is 47.4. The van der Waals surface area contributed by atoms with Gasteiger partial charge in [-0.15, -0.1) is 0 Å². The van der Waals surface area contributed by atoms with Gasteiger partial charge in [0.25, 0.3) is 0 Å². The minimum atomic E-state index is -1.98. The maximum absolute atomic E-state index is 13.3. The number of rotatable bonds is 44. The van der Waals surface area contributed by atoms with Gasteiger partial charge >= 0.3 is 0 Å². The largest absolute Gasteiger partial charge is 0.394 e. The summed E-state index contributed by atoms with van der Waals surface area (Å²) in [5.74, 6) is -0.290. The molecule has 0 aliphatic carbocycles. The van der Waals surface area contributed by atoms with Gasteiger partial charge in [-0.3, -0.25) is 4.79 Å². The van der Waals surface area contributed by atoms with Crippen molar-refractivity contribution < 1.29 is 89.4 Å². The first-order chi connectivity index (χ1) is 37.8. The van der Waals surface area contributed by atoms with Crippen LogP contribution in [0.25, 0.3) is 0 Å². The van der Waals surface area contributed by atoms with Crippen molar-refractivity contribution >= 4 is 5.91 Å². The average Bonchev–Trinajstić information content (AvgIpc) is 3.48. The summed E-state index contributed by atoms with van der Waals surface area (Å²) in [7, 11) is 0. The fourth-order valence-corrected chi connectivity index (χ4v) is 10.2. The number of nitrogens with one attached hydrogen (secondary N) is 1. The Balaban J connectivity index is 1.52. The Hall–Kier alpha value is -1.99. The highest BCUT2D eigenvalue weighted by Gasteiger charge is 2.53. The predicted octanol–water partition coefficient (Wildman–Crippen LogP) is 5.32. The molecule has 0 aromatic carbocycles. The Bertz CT molecular complexity index is 1570. The number of aliphatic hydroxyl groups excluding tert-OH is 11. The third kappa shape index (κ3) is 26.5. The lowest BCUT2D eigenvalue weighted by Gasteiger charge is -2.48. The zero-order valence-corrected chi connectivity index (χ0v) is 47.4. The van der Waals surface area contributed by atoms with Gasteiger partial charge in [-0.05, 0) is 44.9 Å². The van der Waals surface area contributed by atoms with Crippen LogP contribution in [-0.4, -0.2) is 193 Å². The summed E-state index contributed by atoms with van der Waals surface area (Å²) in [5, 5.41) is 120. The molecule has 0 radical (unpaired) electrons. The van der Waals surface area contributed by atoms with E-state index in [-0.39, 0.29) is 18.9 Å². The molecule has 17 unspecified atom stereocenters. The molecule has 3 rings (SSSR count). The van der Waals surface area contributed by atoms with Gasteiger partial charge in [-0.2, -0.15) is 0 Å². The first-order valence-corrected chi connectivity index (χ1v) is 30.2. The van der Waals surface area contributed by atoms with Crippen LogP contribution < -0.4 is 5.32 Å². The molecule has 1 amide bonds. The van der Waals surface area contributed by atoms with E-state index in [1.54, 1.807) is 6.08 Å².